The molecule has 0 unspecified atom stereocenters. The van der Waals surface area contributed by atoms with Gasteiger partial charge in [0.15, 0.2) is 22.5 Å². The summed E-state index contributed by atoms with van der Waals surface area (Å²) in [5, 5.41) is 13.3. The second kappa shape index (κ2) is 9.17. The van der Waals surface area contributed by atoms with Crippen molar-refractivity contribution < 1.29 is 9.47 Å². The summed E-state index contributed by atoms with van der Waals surface area (Å²) in [5.74, 6) is 3.12. The molecule has 1 aliphatic rings. The van der Waals surface area contributed by atoms with Crippen molar-refractivity contribution in [1.29, 1.82) is 0 Å². The molecule has 0 spiro atoms. The minimum absolute atomic E-state index is 0.432. The Balaban J connectivity index is 1.68. The number of nitrogens with zero attached hydrogens (tertiary/aromatic N) is 4. The summed E-state index contributed by atoms with van der Waals surface area (Å²) in [6, 6.07) is 6.38. The van der Waals surface area contributed by atoms with Crippen LogP contribution in [0.1, 0.15) is 48.8 Å². The van der Waals surface area contributed by atoms with E-state index in [9.17, 15) is 0 Å². The summed E-state index contributed by atoms with van der Waals surface area (Å²) >= 11 is 3.41. The van der Waals surface area contributed by atoms with Gasteiger partial charge in [0, 0.05) is 22.7 Å². The predicted molar refractivity (Wildman–Crippen MR) is 117 cm³/mol. The van der Waals surface area contributed by atoms with Crippen LogP contribution in [-0.4, -0.2) is 34.0 Å². The van der Waals surface area contributed by atoms with E-state index in [1.54, 1.807) is 37.3 Å². The molecule has 1 saturated carbocycles. The minimum atomic E-state index is 0.432. The molecule has 6 nitrogen and oxygen atoms in total. The number of hydrogen-bond acceptors (Lipinski definition) is 7. The fraction of sp³-hybridized carbons (Fsp3) is 0.476. The Kier molecular flexibility index (Phi) is 6.40. The molecule has 0 bridgehead atoms. The van der Waals surface area contributed by atoms with Gasteiger partial charge in [0.25, 0.3) is 0 Å². The lowest BCUT2D eigenvalue weighted by atomic mass is 9.95. The van der Waals surface area contributed by atoms with E-state index in [0.717, 1.165) is 33.0 Å². The molecule has 1 aromatic carbocycles. The Labute approximate surface area is 179 Å². The Morgan fingerprint density at radius 3 is 2.59 bits per heavy atom. The molecule has 4 rings (SSSR count). The van der Waals surface area contributed by atoms with Gasteiger partial charge in [-0.2, -0.15) is 0 Å². The largest absolute Gasteiger partial charge is 0.493 e. The third-order valence-electron chi connectivity index (χ3n) is 5.26. The molecule has 0 N–H and O–H groups in total. The van der Waals surface area contributed by atoms with Gasteiger partial charge in [0.05, 0.1) is 24.9 Å². The molecule has 29 heavy (non-hydrogen) atoms. The third-order valence-corrected chi connectivity index (χ3v) is 7.06. The number of thiazole rings is 1. The van der Waals surface area contributed by atoms with Gasteiger partial charge in [-0.25, -0.2) is 4.98 Å². The van der Waals surface area contributed by atoms with E-state index in [0.29, 0.717) is 17.5 Å². The molecule has 0 atom stereocenters. The van der Waals surface area contributed by atoms with Crippen molar-refractivity contribution in [3.8, 4) is 22.9 Å². The average molecular weight is 431 g/mol. The van der Waals surface area contributed by atoms with E-state index in [4.69, 9.17) is 9.47 Å². The molecule has 1 aliphatic carbocycles. The first-order chi connectivity index (χ1) is 14.2. The fourth-order valence-corrected chi connectivity index (χ4v) is 5.45. The molecule has 2 aromatic heterocycles. The van der Waals surface area contributed by atoms with Gasteiger partial charge in [-0.15, -0.1) is 21.5 Å². The van der Waals surface area contributed by atoms with E-state index in [2.05, 4.69) is 25.1 Å². The Morgan fingerprint density at radius 2 is 1.90 bits per heavy atom. The first-order valence-electron chi connectivity index (χ1n) is 9.90. The Bertz CT molecular complexity index is 963. The second-order valence-electron chi connectivity index (χ2n) is 7.18. The van der Waals surface area contributed by atoms with Crippen LogP contribution in [0, 0.1) is 6.92 Å². The lowest BCUT2D eigenvalue weighted by Gasteiger charge is -2.25. The number of benzene rings is 1. The maximum atomic E-state index is 5.50. The van der Waals surface area contributed by atoms with E-state index in [1.807, 2.05) is 25.1 Å². The summed E-state index contributed by atoms with van der Waals surface area (Å²) < 4.78 is 13.2. The maximum Gasteiger partial charge on any atom is 0.192 e. The first kappa shape index (κ1) is 20.2. The summed E-state index contributed by atoms with van der Waals surface area (Å²) in [4.78, 5) is 4.58. The molecule has 2 heterocycles. The van der Waals surface area contributed by atoms with Crippen LogP contribution >= 0.6 is 23.1 Å². The number of hydrogen-bond donors (Lipinski definition) is 0. The minimum Gasteiger partial charge on any atom is -0.493 e. The zero-order valence-corrected chi connectivity index (χ0v) is 18.7. The number of aromatic nitrogens is 4. The lowest BCUT2D eigenvalue weighted by molar-refractivity contribution is 0.339. The van der Waals surface area contributed by atoms with Crippen LogP contribution in [-0.2, 0) is 5.75 Å². The van der Waals surface area contributed by atoms with Crippen LogP contribution in [0.4, 0.5) is 0 Å². The maximum absolute atomic E-state index is 5.50. The summed E-state index contributed by atoms with van der Waals surface area (Å²) in [6.07, 6.45) is 6.15. The second-order valence-corrected chi connectivity index (χ2v) is 9.19. The molecule has 8 heteroatoms. The van der Waals surface area contributed by atoms with Crippen molar-refractivity contribution in [2.75, 3.05) is 14.2 Å². The zero-order valence-electron chi connectivity index (χ0n) is 17.1. The molecule has 1 fully saturated rings. The third kappa shape index (κ3) is 4.43. The number of ether oxygens (including phenoxy) is 2. The predicted octanol–water partition coefficient (Wildman–Crippen LogP) is 5.52. The van der Waals surface area contributed by atoms with Crippen molar-refractivity contribution in [2.45, 2.75) is 56.0 Å². The molecule has 3 aromatic rings. The van der Waals surface area contributed by atoms with E-state index >= 15 is 0 Å². The highest BCUT2D eigenvalue weighted by atomic mass is 32.2. The summed E-state index contributed by atoms with van der Waals surface area (Å²) in [6.45, 7) is 2.04. The van der Waals surface area contributed by atoms with Crippen LogP contribution in [0.25, 0.3) is 11.4 Å². The number of thioether (sulfide) groups is 1. The molecule has 0 aliphatic heterocycles. The Hall–Kier alpha value is -2.06. The monoisotopic (exact) mass is 430 g/mol. The zero-order chi connectivity index (χ0) is 20.2. The van der Waals surface area contributed by atoms with Gasteiger partial charge < -0.3 is 9.47 Å². The molecule has 0 amide bonds. The SMILES string of the molecule is COc1ccc(-c2nnc(SCc3csc(C)n3)n2C2CCCCC2)cc1OC. The molecular weight excluding hydrogens is 404 g/mol. The molecule has 154 valence electrons. The molecule has 0 radical (unpaired) electrons. The van der Waals surface area contributed by atoms with Crippen molar-refractivity contribution in [3.63, 3.8) is 0 Å². The normalized spacial score (nSPS) is 14.9. The van der Waals surface area contributed by atoms with Crippen LogP contribution in [0.5, 0.6) is 11.5 Å². The topological polar surface area (TPSA) is 62.1 Å². The van der Waals surface area contributed by atoms with Crippen molar-refractivity contribution in [1.82, 2.24) is 19.7 Å². The lowest BCUT2D eigenvalue weighted by Crippen LogP contribution is -2.15. The van der Waals surface area contributed by atoms with Crippen LogP contribution in [0.2, 0.25) is 0 Å². The number of methoxy groups -OCH3 is 2. The molecule has 0 saturated heterocycles. The highest BCUT2D eigenvalue weighted by Crippen LogP contribution is 2.38. The van der Waals surface area contributed by atoms with Crippen molar-refractivity contribution in [3.05, 3.63) is 34.3 Å². The van der Waals surface area contributed by atoms with Crippen molar-refractivity contribution in [2.24, 2.45) is 0 Å². The van der Waals surface area contributed by atoms with Gasteiger partial charge in [0.2, 0.25) is 0 Å². The van der Waals surface area contributed by atoms with Crippen LogP contribution in [0.15, 0.2) is 28.7 Å². The highest BCUT2D eigenvalue weighted by molar-refractivity contribution is 7.98. The van der Waals surface area contributed by atoms with Gasteiger partial charge in [-0.05, 0) is 38.0 Å². The summed E-state index contributed by atoms with van der Waals surface area (Å²) in [7, 11) is 3.31. The quantitative estimate of drug-likeness (QED) is 0.460. The van der Waals surface area contributed by atoms with Gasteiger partial charge >= 0.3 is 0 Å². The fourth-order valence-electron chi connectivity index (χ4n) is 3.83. The number of rotatable bonds is 7. The molecular formula is C21H26N4O2S2. The van der Waals surface area contributed by atoms with E-state index in [-0.39, 0.29) is 0 Å². The van der Waals surface area contributed by atoms with E-state index in [1.165, 1.54) is 32.1 Å². The smallest absolute Gasteiger partial charge is 0.192 e. The number of aryl methyl sites for hydroxylation is 1. The van der Waals surface area contributed by atoms with Gasteiger partial charge in [-0.3, -0.25) is 4.57 Å². The average Bonchev–Trinajstić information content (AvgIpc) is 3.38. The van der Waals surface area contributed by atoms with Crippen LogP contribution in [0.3, 0.4) is 0 Å². The van der Waals surface area contributed by atoms with Gasteiger partial charge in [0.1, 0.15) is 0 Å². The standard InChI is InChI=1S/C21H26N4O2S2/c1-14-22-16(12-28-14)13-29-21-24-23-20(25(21)17-7-5-4-6-8-17)15-9-10-18(26-2)19(11-15)27-3/h9-12,17H,4-8,13H2,1-3H3. The van der Waals surface area contributed by atoms with Gasteiger partial charge in [-0.1, -0.05) is 31.0 Å². The Morgan fingerprint density at radius 1 is 1.10 bits per heavy atom. The van der Waals surface area contributed by atoms with E-state index < -0.39 is 0 Å². The van der Waals surface area contributed by atoms with Crippen LogP contribution < -0.4 is 9.47 Å². The highest BCUT2D eigenvalue weighted by Gasteiger charge is 2.24. The first-order valence-corrected chi connectivity index (χ1v) is 11.8. The summed E-state index contributed by atoms with van der Waals surface area (Å²) in [5.41, 5.74) is 2.10. The van der Waals surface area contributed by atoms with Crippen molar-refractivity contribution >= 4 is 23.1 Å².